The molecule has 7 heteroatoms. The van der Waals surface area contributed by atoms with Crippen LogP contribution >= 0.6 is 24.0 Å². The number of nitrogens with zero attached hydrogens (tertiary/aromatic N) is 4. The SMILES string of the molecule is CN=C(NCCCc1nc(C(C)C)no1)N1CCCC(C)C1.I. The van der Waals surface area contributed by atoms with Gasteiger partial charge in [0.15, 0.2) is 11.8 Å². The van der Waals surface area contributed by atoms with Crippen molar-refractivity contribution in [2.75, 3.05) is 26.7 Å². The number of likely N-dealkylation sites (tertiary alicyclic amines) is 1. The van der Waals surface area contributed by atoms with E-state index in [0.29, 0.717) is 5.92 Å². The number of hydrogen-bond acceptors (Lipinski definition) is 4. The van der Waals surface area contributed by atoms with Crippen molar-refractivity contribution in [3.05, 3.63) is 11.7 Å². The first-order valence-corrected chi connectivity index (χ1v) is 8.38. The number of piperidine rings is 1. The molecule has 2 heterocycles. The van der Waals surface area contributed by atoms with E-state index in [1.807, 2.05) is 7.05 Å². The Kier molecular flexibility index (Phi) is 8.86. The molecule has 0 radical (unpaired) electrons. The molecule has 1 aliphatic heterocycles. The van der Waals surface area contributed by atoms with Crippen molar-refractivity contribution in [3.8, 4) is 0 Å². The fourth-order valence-corrected chi connectivity index (χ4v) is 2.76. The number of rotatable bonds is 5. The molecule has 1 unspecified atom stereocenters. The van der Waals surface area contributed by atoms with Crippen LogP contribution in [0.4, 0.5) is 0 Å². The topological polar surface area (TPSA) is 66.5 Å². The highest BCUT2D eigenvalue weighted by atomic mass is 127. The molecule has 6 nitrogen and oxygen atoms in total. The lowest BCUT2D eigenvalue weighted by Crippen LogP contribution is -2.46. The minimum absolute atomic E-state index is 0. The highest BCUT2D eigenvalue weighted by Crippen LogP contribution is 2.15. The van der Waals surface area contributed by atoms with Crippen LogP contribution in [0.5, 0.6) is 0 Å². The molecule has 1 fully saturated rings. The molecule has 0 saturated carbocycles. The van der Waals surface area contributed by atoms with Crippen LogP contribution in [0.1, 0.15) is 57.7 Å². The zero-order valence-corrected chi connectivity index (χ0v) is 17.0. The maximum absolute atomic E-state index is 5.26. The lowest BCUT2D eigenvalue weighted by atomic mass is 10.0. The molecular formula is C16H30IN5O. The van der Waals surface area contributed by atoms with Crippen molar-refractivity contribution in [1.82, 2.24) is 20.4 Å². The maximum Gasteiger partial charge on any atom is 0.226 e. The molecular weight excluding hydrogens is 405 g/mol. The predicted octanol–water partition coefficient (Wildman–Crippen LogP) is 3.05. The van der Waals surface area contributed by atoms with Gasteiger partial charge in [-0.15, -0.1) is 24.0 Å². The minimum Gasteiger partial charge on any atom is -0.356 e. The van der Waals surface area contributed by atoms with Crippen molar-refractivity contribution >= 4 is 29.9 Å². The summed E-state index contributed by atoms with van der Waals surface area (Å²) in [7, 11) is 1.86. The first-order chi connectivity index (χ1) is 10.6. The number of nitrogens with one attached hydrogen (secondary N) is 1. The summed E-state index contributed by atoms with van der Waals surface area (Å²) in [6.45, 7) is 9.52. The standard InChI is InChI=1S/C16H29N5O.HI/c1-12(2)15-19-14(22-20-15)8-5-9-18-16(17-4)21-10-6-7-13(3)11-21;/h12-13H,5-11H2,1-4H3,(H,17,18);1H. The summed E-state index contributed by atoms with van der Waals surface area (Å²) in [5.41, 5.74) is 0. The van der Waals surface area contributed by atoms with Crippen LogP contribution in [0.15, 0.2) is 9.52 Å². The van der Waals surface area contributed by atoms with Crippen LogP contribution < -0.4 is 5.32 Å². The third-order valence-corrected chi connectivity index (χ3v) is 4.02. The Balaban J connectivity index is 0.00000264. The second-order valence-corrected chi connectivity index (χ2v) is 6.47. The van der Waals surface area contributed by atoms with Crippen LogP contribution in [0.2, 0.25) is 0 Å². The minimum atomic E-state index is 0. The molecule has 1 atom stereocenters. The van der Waals surface area contributed by atoms with Crippen molar-refractivity contribution in [1.29, 1.82) is 0 Å². The molecule has 0 spiro atoms. The number of halogens is 1. The first-order valence-electron chi connectivity index (χ1n) is 8.38. The summed E-state index contributed by atoms with van der Waals surface area (Å²) in [4.78, 5) is 11.2. The van der Waals surface area contributed by atoms with Crippen LogP contribution in [0.3, 0.4) is 0 Å². The fourth-order valence-electron chi connectivity index (χ4n) is 2.76. The molecule has 1 aliphatic rings. The molecule has 0 bridgehead atoms. The van der Waals surface area contributed by atoms with E-state index in [2.05, 4.69) is 46.1 Å². The van der Waals surface area contributed by atoms with Crippen LogP contribution in [0.25, 0.3) is 0 Å². The predicted molar refractivity (Wildman–Crippen MR) is 103 cm³/mol. The molecule has 132 valence electrons. The summed E-state index contributed by atoms with van der Waals surface area (Å²) in [5, 5.41) is 7.43. The summed E-state index contributed by atoms with van der Waals surface area (Å²) in [6, 6.07) is 0. The third-order valence-electron chi connectivity index (χ3n) is 4.02. The molecule has 2 rings (SSSR count). The average Bonchev–Trinajstić information content (AvgIpc) is 2.96. The Labute approximate surface area is 156 Å². The van der Waals surface area contributed by atoms with E-state index in [0.717, 1.165) is 56.1 Å². The molecule has 1 aromatic heterocycles. The monoisotopic (exact) mass is 435 g/mol. The second-order valence-electron chi connectivity index (χ2n) is 6.47. The second kappa shape index (κ2) is 10.1. The van der Waals surface area contributed by atoms with E-state index in [1.165, 1.54) is 12.8 Å². The number of aryl methyl sites for hydroxylation is 1. The van der Waals surface area contributed by atoms with E-state index in [-0.39, 0.29) is 24.0 Å². The van der Waals surface area contributed by atoms with Crippen molar-refractivity contribution in [2.24, 2.45) is 10.9 Å². The number of guanidine groups is 1. The van der Waals surface area contributed by atoms with E-state index in [4.69, 9.17) is 4.52 Å². The molecule has 0 aromatic carbocycles. The van der Waals surface area contributed by atoms with Gasteiger partial charge in [0.1, 0.15) is 0 Å². The number of aromatic nitrogens is 2. The average molecular weight is 435 g/mol. The molecule has 1 N–H and O–H groups in total. The Morgan fingerprint density at radius 2 is 2.26 bits per heavy atom. The van der Waals surface area contributed by atoms with Gasteiger partial charge in [0.05, 0.1) is 0 Å². The van der Waals surface area contributed by atoms with Gasteiger partial charge in [-0.1, -0.05) is 25.9 Å². The van der Waals surface area contributed by atoms with Gasteiger partial charge in [0.2, 0.25) is 5.89 Å². The fraction of sp³-hybridized carbons (Fsp3) is 0.812. The quantitative estimate of drug-likeness (QED) is 0.333. The van der Waals surface area contributed by atoms with Gasteiger partial charge < -0.3 is 14.7 Å². The van der Waals surface area contributed by atoms with E-state index >= 15 is 0 Å². The number of aliphatic imine (C=N–C) groups is 1. The Hall–Kier alpha value is -0.860. The van der Waals surface area contributed by atoms with Crippen LogP contribution in [-0.4, -0.2) is 47.7 Å². The van der Waals surface area contributed by atoms with Gasteiger partial charge in [-0.05, 0) is 25.2 Å². The van der Waals surface area contributed by atoms with Crippen molar-refractivity contribution in [3.63, 3.8) is 0 Å². The van der Waals surface area contributed by atoms with Crippen LogP contribution in [-0.2, 0) is 6.42 Å². The summed E-state index contributed by atoms with van der Waals surface area (Å²) in [6.07, 6.45) is 4.34. The third kappa shape index (κ3) is 6.27. The van der Waals surface area contributed by atoms with E-state index in [9.17, 15) is 0 Å². The Bertz CT molecular complexity index is 489. The van der Waals surface area contributed by atoms with Crippen molar-refractivity contribution in [2.45, 2.75) is 52.4 Å². The lowest BCUT2D eigenvalue weighted by Gasteiger charge is -2.33. The smallest absolute Gasteiger partial charge is 0.226 e. The van der Waals surface area contributed by atoms with Crippen LogP contribution in [0, 0.1) is 5.92 Å². The van der Waals surface area contributed by atoms with Gasteiger partial charge in [-0.3, -0.25) is 4.99 Å². The van der Waals surface area contributed by atoms with Crippen molar-refractivity contribution < 1.29 is 4.52 Å². The normalized spacial score (nSPS) is 18.9. The largest absolute Gasteiger partial charge is 0.356 e. The zero-order valence-electron chi connectivity index (χ0n) is 14.7. The molecule has 0 aliphatic carbocycles. The van der Waals surface area contributed by atoms with Gasteiger partial charge in [0, 0.05) is 39.0 Å². The Morgan fingerprint density at radius 3 is 2.87 bits per heavy atom. The molecule has 1 saturated heterocycles. The highest BCUT2D eigenvalue weighted by Gasteiger charge is 2.18. The summed E-state index contributed by atoms with van der Waals surface area (Å²) < 4.78 is 5.26. The Morgan fingerprint density at radius 1 is 1.48 bits per heavy atom. The number of hydrogen-bond donors (Lipinski definition) is 1. The van der Waals surface area contributed by atoms with Gasteiger partial charge >= 0.3 is 0 Å². The summed E-state index contributed by atoms with van der Waals surface area (Å²) in [5.74, 6) is 3.60. The maximum atomic E-state index is 5.26. The van der Waals surface area contributed by atoms with Gasteiger partial charge in [-0.25, -0.2) is 0 Å². The summed E-state index contributed by atoms with van der Waals surface area (Å²) >= 11 is 0. The molecule has 1 aromatic rings. The van der Waals surface area contributed by atoms with E-state index < -0.39 is 0 Å². The molecule has 23 heavy (non-hydrogen) atoms. The lowest BCUT2D eigenvalue weighted by molar-refractivity contribution is 0.266. The van der Waals surface area contributed by atoms with Gasteiger partial charge in [0.25, 0.3) is 0 Å². The molecule has 0 amide bonds. The highest BCUT2D eigenvalue weighted by molar-refractivity contribution is 14.0. The van der Waals surface area contributed by atoms with E-state index in [1.54, 1.807) is 0 Å². The van der Waals surface area contributed by atoms with Gasteiger partial charge in [-0.2, -0.15) is 4.98 Å². The zero-order chi connectivity index (χ0) is 15.9. The first kappa shape index (κ1) is 20.2.